The van der Waals surface area contributed by atoms with E-state index in [0.717, 1.165) is 24.9 Å². The molecule has 1 aromatic rings. The molecule has 0 unspecified atom stereocenters. The van der Waals surface area contributed by atoms with Crippen molar-refractivity contribution in [1.82, 2.24) is 9.88 Å². The van der Waals surface area contributed by atoms with Gasteiger partial charge in [0, 0.05) is 30.9 Å². The number of hydrogen-bond donors (Lipinski definition) is 0. The van der Waals surface area contributed by atoms with Gasteiger partial charge in [-0.15, -0.1) is 0 Å². The monoisotopic (exact) mass is 327 g/mol. The number of likely N-dealkylation sites (tertiary alicyclic amines) is 1. The van der Waals surface area contributed by atoms with Crippen molar-refractivity contribution in [2.45, 2.75) is 57.9 Å². The number of anilines is 1. The van der Waals surface area contributed by atoms with Crippen molar-refractivity contribution in [3.63, 3.8) is 0 Å². The molecule has 0 aromatic carbocycles. The van der Waals surface area contributed by atoms with E-state index in [1.165, 1.54) is 58.0 Å². The normalized spacial score (nSPS) is 24.8. The Labute approximate surface area is 145 Å². The fourth-order valence-electron chi connectivity index (χ4n) is 4.61. The average Bonchev–Trinajstić information content (AvgIpc) is 2.56. The Hall–Kier alpha value is -1.42. The van der Waals surface area contributed by atoms with E-state index >= 15 is 0 Å². The van der Waals surface area contributed by atoms with Crippen molar-refractivity contribution in [3.8, 4) is 0 Å². The molecule has 0 bridgehead atoms. The second kappa shape index (κ2) is 6.47. The van der Waals surface area contributed by atoms with Crippen LogP contribution < -0.4 is 4.90 Å². The highest BCUT2D eigenvalue weighted by atomic mass is 16.1. The first-order valence-electron chi connectivity index (χ1n) is 9.61. The van der Waals surface area contributed by atoms with Crippen LogP contribution >= 0.6 is 0 Å². The third kappa shape index (κ3) is 3.08. The molecule has 4 nitrogen and oxygen atoms in total. The van der Waals surface area contributed by atoms with Crippen LogP contribution in [-0.4, -0.2) is 47.9 Å². The zero-order valence-electron chi connectivity index (χ0n) is 14.8. The van der Waals surface area contributed by atoms with Gasteiger partial charge in [-0.05, 0) is 76.1 Å². The lowest BCUT2D eigenvalue weighted by molar-refractivity contribution is 0.0305. The largest absolute Gasteiger partial charge is 0.357 e. The van der Waals surface area contributed by atoms with Crippen molar-refractivity contribution in [2.24, 2.45) is 5.41 Å². The molecule has 0 N–H and O–H groups in total. The quantitative estimate of drug-likeness (QED) is 0.796. The smallest absolute Gasteiger partial charge is 0.161 e. The molecular weight excluding hydrogens is 298 g/mol. The van der Waals surface area contributed by atoms with Gasteiger partial charge >= 0.3 is 0 Å². The van der Waals surface area contributed by atoms with Crippen LogP contribution in [0.5, 0.6) is 0 Å². The SMILES string of the molecule is CC(=O)c1ccc(N2CCC3(CC2)CCN(C2CCC2)CC3)nc1. The first-order chi connectivity index (χ1) is 11.7. The molecule has 0 amide bonds. The van der Waals surface area contributed by atoms with Gasteiger partial charge in [0.25, 0.3) is 0 Å². The number of nitrogens with zero attached hydrogens (tertiary/aromatic N) is 3. The van der Waals surface area contributed by atoms with Crippen molar-refractivity contribution < 1.29 is 4.79 Å². The fraction of sp³-hybridized carbons (Fsp3) is 0.700. The summed E-state index contributed by atoms with van der Waals surface area (Å²) in [4.78, 5) is 21.0. The van der Waals surface area contributed by atoms with Crippen molar-refractivity contribution >= 4 is 11.6 Å². The highest BCUT2D eigenvalue weighted by Gasteiger charge is 2.39. The van der Waals surface area contributed by atoms with Crippen molar-refractivity contribution in [1.29, 1.82) is 0 Å². The Kier molecular flexibility index (Phi) is 4.33. The molecular formula is C20H29N3O. The topological polar surface area (TPSA) is 36.4 Å². The molecule has 24 heavy (non-hydrogen) atoms. The van der Waals surface area contributed by atoms with Crippen LogP contribution in [0.15, 0.2) is 18.3 Å². The zero-order valence-corrected chi connectivity index (χ0v) is 14.8. The minimum absolute atomic E-state index is 0.0878. The van der Waals surface area contributed by atoms with Crippen LogP contribution in [0.3, 0.4) is 0 Å². The Balaban J connectivity index is 1.32. The van der Waals surface area contributed by atoms with Crippen LogP contribution in [0.1, 0.15) is 62.2 Å². The van der Waals surface area contributed by atoms with Gasteiger partial charge in [0.2, 0.25) is 0 Å². The minimum atomic E-state index is 0.0878. The van der Waals surface area contributed by atoms with E-state index in [4.69, 9.17) is 0 Å². The lowest BCUT2D eigenvalue weighted by Crippen LogP contribution is -2.51. The standard InChI is InChI=1S/C20H29N3O/c1-16(24)17-5-6-19(21-15-17)23-13-9-20(10-14-23)7-11-22(12-8-20)18-3-2-4-18/h5-6,15,18H,2-4,7-14H2,1H3. The summed E-state index contributed by atoms with van der Waals surface area (Å²) in [5.74, 6) is 1.12. The van der Waals surface area contributed by atoms with Crippen molar-refractivity contribution in [3.05, 3.63) is 23.9 Å². The van der Waals surface area contributed by atoms with E-state index in [9.17, 15) is 4.79 Å². The number of hydrogen-bond acceptors (Lipinski definition) is 4. The summed E-state index contributed by atoms with van der Waals surface area (Å²) in [6, 6.07) is 4.83. The molecule has 1 aromatic heterocycles. The van der Waals surface area contributed by atoms with Gasteiger partial charge in [0.1, 0.15) is 5.82 Å². The number of ketones is 1. The van der Waals surface area contributed by atoms with Crippen LogP contribution in [0.4, 0.5) is 5.82 Å². The Morgan fingerprint density at radius 1 is 1.08 bits per heavy atom. The predicted octanol–water partition coefficient (Wildman–Crippen LogP) is 3.52. The van der Waals surface area contributed by atoms with Crippen LogP contribution in [0.25, 0.3) is 0 Å². The maximum absolute atomic E-state index is 11.4. The molecule has 0 radical (unpaired) electrons. The highest BCUT2D eigenvalue weighted by molar-refractivity contribution is 5.93. The first-order valence-corrected chi connectivity index (χ1v) is 9.61. The summed E-state index contributed by atoms with van der Waals surface area (Å²) in [5.41, 5.74) is 1.28. The summed E-state index contributed by atoms with van der Waals surface area (Å²) in [6.45, 7) is 6.44. The fourth-order valence-corrected chi connectivity index (χ4v) is 4.61. The van der Waals surface area contributed by atoms with Gasteiger partial charge in [0.05, 0.1) is 0 Å². The molecule has 2 aliphatic heterocycles. The summed E-state index contributed by atoms with van der Waals surface area (Å²) >= 11 is 0. The minimum Gasteiger partial charge on any atom is -0.357 e. The van der Waals surface area contributed by atoms with E-state index in [0.29, 0.717) is 11.0 Å². The molecule has 4 rings (SSSR count). The molecule has 1 spiro atoms. The third-order valence-electron chi connectivity index (χ3n) is 6.75. The Bertz CT molecular complexity index is 575. The number of rotatable bonds is 3. The lowest BCUT2D eigenvalue weighted by Gasteiger charge is -2.50. The molecule has 1 aliphatic carbocycles. The molecule has 3 heterocycles. The van der Waals surface area contributed by atoms with Crippen LogP contribution in [-0.2, 0) is 0 Å². The number of aromatic nitrogens is 1. The van der Waals surface area contributed by atoms with Crippen LogP contribution in [0.2, 0.25) is 0 Å². The molecule has 3 aliphatic rings. The van der Waals surface area contributed by atoms with Gasteiger partial charge in [-0.3, -0.25) is 4.79 Å². The van der Waals surface area contributed by atoms with E-state index in [-0.39, 0.29) is 5.78 Å². The number of Topliss-reactive ketones (excluding diaryl/α,β-unsaturated/α-hetero) is 1. The second-order valence-corrected chi connectivity index (χ2v) is 8.07. The molecule has 4 heteroatoms. The average molecular weight is 327 g/mol. The second-order valence-electron chi connectivity index (χ2n) is 8.07. The van der Waals surface area contributed by atoms with Crippen molar-refractivity contribution in [2.75, 3.05) is 31.1 Å². The maximum atomic E-state index is 11.4. The summed E-state index contributed by atoms with van der Waals surface area (Å²) < 4.78 is 0. The van der Waals surface area contributed by atoms with Gasteiger partial charge < -0.3 is 9.80 Å². The molecule has 2 saturated heterocycles. The maximum Gasteiger partial charge on any atom is 0.161 e. The molecule has 0 atom stereocenters. The van der Waals surface area contributed by atoms with Crippen LogP contribution in [0, 0.1) is 5.41 Å². The van der Waals surface area contributed by atoms with E-state index in [1.54, 1.807) is 13.1 Å². The first kappa shape index (κ1) is 16.1. The summed E-state index contributed by atoms with van der Waals surface area (Å²) in [6.07, 6.45) is 11.4. The van der Waals surface area contributed by atoms with Gasteiger partial charge in [0.15, 0.2) is 5.78 Å². The number of carbonyl (C=O) groups excluding carboxylic acids is 1. The summed E-state index contributed by atoms with van der Waals surface area (Å²) in [5, 5.41) is 0. The van der Waals surface area contributed by atoms with Gasteiger partial charge in [-0.25, -0.2) is 4.98 Å². The number of piperidine rings is 2. The third-order valence-corrected chi connectivity index (χ3v) is 6.75. The highest BCUT2D eigenvalue weighted by Crippen LogP contribution is 2.43. The lowest BCUT2D eigenvalue weighted by atomic mass is 9.70. The van der Waals surface area contributed by atoms with E-state index < -0.39 is 0 Å². The Morgan fingerprint density at radius 3 is 2.25 bits per heavy atom. The van der Waals surface area contributed by atoms with Gasteiger partial charge in [-0.1, -0.05) is 6.42 Å². The molecule has 3 fully saturated rings. The van der Waals surface area contributed by atoms with Gasteiger partial charge in [-0.2, -0.15) is 0 Å². The Morgan fingerprint density at radius 2 is 1.75 bits per heavy atom. The predicted molar refractivity (Wildman–Crippen MR) is 96.6 cm³/mol. The molecule has 130 valence electrons. The molecule has 1 saturated carbocycles. The van der Waals surface area contributed by atoms with E-state index in [1.807, 2.05) is 12.1 Å². The zero-order chi connectivity index (χ0) is 16.6. The number of pyridine rings is 1. The summed E-state index contributed by atoms with van der Waals surface area (Å²) in [7, 11) is 0. The number of carbonyl (C=O) groups is 1. The van der Waals surface area contributed by atoms with E-state index in [2.05, 4.69) is 14.8 Å².